The Morgan fingerprint density at radius 3 is 2.58 bits per heavy atom. The van der Waals surface area contributed by atoms with Gasteiger partial charge < -0.3 is 19.9 Å². The molecule has 1 fully saturated rings. The Balaban J connectivity index is 1.35. The number of hydrogen-bond acceptors (Lipinski definition) is 6. The van der Waals surface area contributed by atoms with E-state index in [0.29, 0.717) is 23.9 Å². The molecule has 172 valence electrons. The monoisotopic (exact) mass is 447 g/mol. The Morgan fingerprint density at radius 1 is 1.03 bits per heavy atom. The zero-order valence-corrected chi connectivity index (χ0v) is 18.5. The molecule has 2 aromatic carbocycles. The molecule has 0 radical (unpaired) electrons. The summed E-state index contributed by atoms with van der Waals surface area (Å²) in [7, 11) is 0. The van der Waals surface area contributed by atoms with Gasteiger partial charge in [-0.25, -0.2) is 4.98 Å². The van der Waals surface area contributed by atoms with Crippen molar-refractivity contribution >= 4 is 11.6 Å². The van der Waals surface area contributed by atoms with Crippen molar-refractivity contribution in [2.45, 2.75) is 31.8 Å². The van der Waals surface area contributed by atoms with E-state index in [1.165, 1.54) is 0 Å². The highest BCUT2D eigenvalue weighted by Gasteiger charge is 2.28. The van der Waals surface area contributed by atoms with E-state index in [0.717, 1.165) is 37.1 Å². The van der Waals surface area contributed by atoms with Gasteiger partial charge in [-0.05, 0) is 55.3 Å². The molecule has 0 spiro atoms. The molecule has 1 saturated heterocycles. The fraction of sp³-hybridized carbons (Fsp3) is 0.308. The highest BCUT2D eigenvalue weighted by molar-refractivity contribution is 5.94. The first-order valence-electron chi connectivity index (χ1n) is 11.3. The molecule has 0 aliphatic carbocycles. The van der Waals surface area contributed by atoms with Crippen LogP contribution in [0.3, 0.4) is 0 Å². The number of anilines is 1. The Kier molecular flexibility index (Phi) is 7.90. The van der Waals surface area contributed by atoms with Crippen LogP contribution in [-0.4, -0.2) is 46.7 Å². The van der Waals surface area contributed by atoms with Crippen LogP contribution < -0.4 is 14.8 Å². The Morgan fingerprint density at radius 2 is 1.85 bits per heavy atom. The van der Waals surface area contributed by atoms with Crippen molar-refractivity contribution in [2.75, 3.05) is 25.1 Å². The molecule has 0 unspecified atom stereocenters. The molecule has 7 nitrogen and oxygen atoms in total. The maximum atomic E-state index is 13.1. The van der Waals surface area contributed by atoms with Crippen molar-refractivity contribution in [3.8, 4) is 17.4 Å². The van der Waals surface area contributed by atoms with E-state index in [1.807, 2.05) is 54.6 Å². The summed E-state index contributed by atoms with van der Waals surface area (Å²) in [6, 6.07) is 20.6. The number of amides is 1. The van der Waals surface area contributed by atoms with E-state index in [1.54, 1.807) is 18.3 Å². The summed E-state index contributed by atoms with van der Waals surface area (Å²) in [5, 5.41) is 11.9. The summed E-state index contributed by atoms with van der Waals surface area (Å²) in [6.07, 6.45) is 4.56. The molecule has 0 saturated carbocycles. The van der Waals surface area contributed by atoms with Gasteiger partial charge in [0.1, 0.15) is 18.1 Å². The number of carbonyl (C=O) groups excluding carboxylic acids is 1. The number of nitrogens with zero attached hydrogens (tertiary/aromatic N) is 2. The summed E-state index contributed by atoms with van der Waals surface area (Å²) in [4.78, 5) is 19.6. The van der Waals surface area contributed by atoms with Gasteiger partial charge in [0, 0.05) is 12.6 Å². The number of hydrogen-bond donors (Lipinski definition) is 2. The molecule has 2 N–H and O–H groups in total. The van der Waals surface area contributed by atoms with Gasteiger partial charge >= 0.3 is 0 Å². The molecule has 1 amide bonds. The first-order chi connectivity index (χ1) is 16.2. The van der Waals surface area contributed by atoms with Crippen LogP contribution in [0.2, 0.25) is 0 Å². The highest BCUT2D eigenvalue weighted by Crippen LogP contribution is 2.24. The lowest BCUT2D eigenvalue weighted by Gasteiger charge is -2.34. The highest BCUT2D eigenvalue weighted by atomic mass is 16.5. The van der Waals surface area contributed by atoms with Gasteiger partial charge in [0.25, 0.3) is 0 Å². The van der Waals surface area contributed by atoms with Gasteiger partial charge in [0.15, 0.2) is 0 Å². The lowest BCUT2D eigenvalue weighted by atomic mass is 10.00. The van der Waals surface area contributed by atoms with Crippen molar-refractivity contribution in [1.82, 2.24) is 9.88 Å². The number of aliphatic hydroxyl groups is 1. The Hall–Kier alpha value is -3.42. The van der Waals surface area contributed by atoms with Crippen LogP contribution in [-0.2, 0) is 11.3 Å². The fourth-order valence-electron chi connectivity index (χ4n) is 3.92. The smallest absolute Gasteiger partial charge is 0.241 e. The number of para-hydroxylation sites is 1. The molecule has 1 aliphatic heterocycles. The van der Waals surface area contributed by atoms with Crippen molar-refractivity contribution < 1.29 is 19.4 Å². The van der Waals surface area contributed by atoms with E-state index in [2.05, 4.69) is 15.2 Å². The van der Waals surface area contributed by atoms with Crippen molar-refractivity contribution in [3.05, 3.63) is 78.5 Å². The zero-order chi connectivity index (χ0) is 22.9. The standard InChI is InChI=1S/C26H29N3O4/c30-16-17-32-22-12-9-20(10-13-22)19-29-15-5-4-8-24(29)26(31)28-21-11-14-25(27-18-21)33-23-6-2-1-3-7-23/h1-3,6-7,9-14,18,24,30H,4-5,8,15-17,19H2,(H,28,31)/t24-/m0/s1. The minimum Gasteiger partial charge on any atom is -0.491 e. The number of ether oxygens (including phenoxy) is 2. The summed E-state index contributed by atoms with van der Waals surface area (Å²) in [5.41, 5.74) is 1.77. The van der Waals surface area contributed by atoms with Crippen LogP contribution in [0.25, 0.3) is 0 Å². The number of aromatic nitrogens is 1. The fourth-order valence-corrected chi connectivity index (χ4v) is 3.92. The number of rotatable bonds is 9. The number of pyridine rings is 1. The summed E-state index contributed by atoms with van der Waals surface area (Å²) in [5.74, 6) is 1.90. The molecule has 3 aromatic rings. The number of piperidine rings is 1. The Labute approximate surface area is 194 Å². The molecule has 1 aliphatic rings. The molecule has 33 heavy (non-hydrogen) atoms. The number of likely N-dealkylation sites (tertiary alicyclic amines) is 1. The maximum Gasteiger partial charge on any atom is 0.241 e. The van der Waals surface area contributed by atoms with Crippen molar-refractivity contribution in [2.24, 2.45) is 0 Å². The SMILES string of the molecule is O=C(Nc1ccc(Oc2ccccc2)nc1)[C@@H]1CCCCN1Cc1ccc(OCCO)cc1. The topological polar surface area (TPSA) is 83.9 Å². The van der Waals surface area contributed by atoms with Crippen LogP contribution in [0.5, 0.6) is 17.4 Å². The molecule has 7 heteroatoms. The second-order valence-electron chi connectivity index (χ2n) is 7.99. The molecule has 1 atom stereocenters. The van der Waals surface area contributed by atoms with Crippen LogP contribution in [0.4, 0.5) is 5.69 Å². The minimum absolute atomic E-state index is 0.00931. The maximum absolute atomic E-state index is 13.1. The van der Waals surface area contributed by atoms with Crippen LogP contribution in [0.15, 0.2) is 72.9 Å². The predicted molar refractivity (Wildman–Crippen MR) is 126 cm³/mol. The largest absolute Gasteiger partial charge is 0.491 e. The van der Waals surface area contributed by atoms with E-state index < -0.39 is 0 Å². The van der Waals surface area contributed by atoms with Gasteiger partial charge in [0.2, 0.25) is 11.8 Å². The quantitative estimate of drug-likeness (QED) is 0.511. The summed E-state index contributed by atoms with van der Waals surface area (Å²) >= 11 is 0. The van der Waals surface area contributed by atoms with E-state index in [9.17, 15) is 4.79 Å². The number of nitrogens with one attached hydrogen (secondary N) is 1. The molecular weight excluding hydrogens is 418 g/mol. The first kappa shape index (κ1) is 22.8. The number of benzene rings is 2. The normalized spacial score (nSPS) is 16.2. The molecular formula is C26H29N3O4. The third kappa shape index (κ3) is 6.54. The van der Waals surface area contributed by atoms with Gasteiger partial charge in [-0.3, -0.25) is 9.69 Å². The van der Waals surface area contributed by atoms with Gasteiger partial charge in [-0.1, -0.05) is 36.8 Å². The summed E-state index contributed by atoms with van der Waals surface area (Å²) in [6.45, 7) is 1.84. The first-order valence-corrected chi connectivity index (χ1v) is 11.3. The van der Waals surface area contributed by atoms with Crippen LogP contribution in [0.1, 0.15) is 24.8 Å². The van der Waals surface area contributed by atoms with Crippen LogP contribution in [0, 0.1) is 0 Å². The van der Waals surface area contributed by atoms with Crippen LogP contribution >= 0.6 is 0 Å². The molecule has 1 aromatic heterocycles. The second kappa shape index (κ2) is 11.4. The van der Waals surface area contributed by atoms with Crippen molar-refractivity contribution in [3.63, 3.8) is 0 Å². The van der Waals surface area contributed by atoms with E-state index in [-0.39, 0.29) is 25.2 Å². The Bertz CT molecular complexity index is 1010. The molecule has 2 heterocycles. The zero-order valence-electron chi connectivity index (χ0n) is 18.5. The third-order valence-corrected chi connectivity index (χ3v) is 5.55. The second-order valence-corrected chi connectivity index (χ2v) is 7.99. The lowest BCUT2D eigenvalue weighted by molar-refractivity contribution is -0.122. The predicted octanol–water partition coefficient (Wildman–Crippen LogP) is 4.24. The van der Waals surface area contributed by atoms with E-state index >= 15 is 0 Å². The number of carbonyl (C=O) groups is 1. The van der Waals surface area contributed by atoms with Crippen molar-refractivity contribution in [1.29, 1.82) is 0 Å². The van der Waals surface area contributed by atoms with E-state index in [4.69, 9.17) is 14.6 Å². The molecule has 4 rings (SSSR count). The third-order valence-electron chi connectivity index (χ3n) is 5.55. The number of aliphatic hydroxyl groups excluding tert-OH is 1. The average Bonchev–Trinajstić information content (AvgIpc) is 2.86. The average molecular weight is 448 g/mol. The van der Waals surface area contributed by atoms with Gasteiger partial charge in [-0.15, -0.1) is 0 Å². The minimum atomic E-state index is -0.190. The van der Waals surface area contributed by atoms with Gasteiger partial charge in [0.05, 0.1) is 24.5 Å². The molecule has 0 bridgehead atoms. The summed E-state index contributed by atoms with van der Waals surface area (Å²) < 4.78 is 11.1. The van der Waals surface area contributed by atoms with Gasteiger partial charge in [-0.2, -0.15) is 0 Å². The lowest BCUT2D eigenvalue weighted by Crippen LogP contribution is -2.46.